The van der Waals surface area contributed by atoms with Crippen molar-refractivity contribution in [1.82, 2.24) is 29.5 Å². The van der Waals surface area contributed by atoms with Crippen LogP contribution in [0.15, 0.2) is 52.8 Å². The number of H-pyrrole nitrogens is 1. The number of nitrogens with one attached hydrogen (secondary N) is 1. The fourth-order valence-electron chi connectivity index (χ4n) is 2.83. The van der Waals surface area contributed by atoms with Crippen molar-refractivity contribution in [3.8, 4) is 0 Å². The third-order valence-corrected chi connectivity index (χ3v) is 4.25. The van der Waals surface area contributed by atoms with Crippen LogP contribution in [0.4, 0.5) is 0 Å². The average molecular weight is 380 g/mol. The Labute approximate surface area is 162 Å². The minimum absolute atomic E-state index is 0. The minimum Gasteiger partial charge on any atom is -0.314 e. The first kappa shape index (κ1) is 19.3. The van der Waals surface area contributed by atoms with Crippen LogP contribution in [0, 0.1) is 0 Å². The lowest BCUT2D eigenvalue weighted by Gasteiger charge is -2.11. The van der Waals surface area contributed by atoms with E-state index < -0.39 is 0 Å². The first-order valence-corrected chi connectivity index (χ1v) is 9.04. The smallest absolute Gasteiger partial charge is 0.282 e. The highest BCUT2D eigenvalue weighted by Crippen LogP contribution is 2.18. The molecule has 0 aliphatic carbocycles. The summed E-state index contributed by atoms with van der Waals surface area (Å²) in [5.74, 6) is 0.271. The maximum Gasteiger partial charge on any atom is 0.282 e. The Morgan fingerprint density at radius 1 is 0.964 bits per heavy atom. The molecule has 0 fully saturated rings. The predicted molar refractivity (Wildman–Crippen MR) is 111 cm³/mol. The summed E-state index contributed by atoms with van der Waals surface area (Å²) >= 11 is 0. The highest BCUT2D eigenvalue weighted by Gasteiger charge is 2.09. The van der Waals surface area contributed by atoms with Gasteiger partial charge >= 0.3 is 0 Å². The summed E-state index contributed by atoms with van der Waals surface area (Å²) in [6, 6.07) is 5.43. The largest absolute Gasteiger partial charge is 0.314 e. The summed E-state index contributed by atoms with van der Waals surface area (Å²) in [6.07, 6.45) is 6.29. The zero-order valence-corrected chi connectivity index (χ0v) is 16.2. The molecule has 0 spiro atoms. The molecule has 0 aliphatic heterocycles. The van der Waals surface area contributed by atoms with Crippen molar-refractivity contribution in [2.45, 2.75) is 39.7 Å². The Bertz CT molecular complexity index is 1190. The van der Waals surface area contributed by atoms with Gasteiger partial charge in [-0.05, 0) is 38.0 Å². The number of hydrogen-bond acceptors (Lipinski definition) is 6. The van der Waals surface area contributed by atoms with Crippen LogP contribution in [0.5, 0.6) is 0 Å². The van der Waals surface area contributed by atoms with E-state index in [0.717, 1.165) is 5.69 Å². The third kappa shape index (κ3) is 3.80. The Kier molecular flexibility index (Phi) is 5.58. The summed E-state index contributed by atoms with van der Waals surface area (Å²) < 4.78 is 1.89. The second-order valence-corrected chi connectivity index (χ2v) is 6.90. The third-order valence-electron chi connectivity index (χ3n) is 4.25. The normalized spacial score (nSPS) is 11.1. The van der Waals surface area contributed by atoms with Crippen LogP contribution in [0.1, 0.15) is 46.8 Å². The van der Waals surface area contributed by atoms with Gasteiger partial charge in [-0.25, -0.2) is 9.97 Å². The van der Waals surface area contributed by atoms with E-state index in [9.17, 15) is 9.59 Å². The summed E-state index contributed by atoms with van der Waals surface area (Å²) in [4.78, 5) is 41.7. The van der Waals surface area contributed by atoms with Crippen LogP contribution in [-0.4, -0.2) is 29.5 Å². The van der Waals surface area contributed by atoms with E-state index in [1.807, 2.05) is 32.3 Å². The average Bonchev–Trinajstić information content (AvgIpc) is 2.68. The maximum atomic E-state index is 11.4. The second kappa shape index (κ2) is 8.08. The van der Waals surface area contributed by atoms with Gasteiger partial charge in [0.2, 0.25) is 0 Å². The first-order chi connectivity index (χ1) is 13.4. The van der Waals surface area contributed by atoms with Gasteiger partial charge in [-0.3, -0.25) is 14.6 Å². The second-order valence-electron chi connectivity index (χ2n) is 6.90. The number of fused-ring (bicyclic) bond motifs is 2. The lowest BCUT2D eigenvalue weighted by atomic mass is 10.1. The van der Waals surface area contributed by atoms with Gasteiger partial charge in [-0.1, -0.05) is 13.8 Å². The number of pyridine rings is 2. The van der Waals surface area contributed by atoms with Gasteiger partial charge in [0.05, 0.1) is 28.3 Å². The van der Waals surface area contributed by atoms with Gasteiger partial charge in [0, 0.05) is 19.9 Å². The zero-order chi connectivity index (χ0) is 20.3. The van der Waals surface area contributed by atoms with Crippen molar-refractivity contribution < 1.29 is 1.43 Å². The minimum atomic E-state index is -0.218. The number of hydrogen-bond donors (Lipinski definition) is 1. The van der Waals surface area contributed by atoms with Crippen LogP contribution in [0.25, 0.3) is 21.9 Å². The molecule has 0 aliphatic rings. The predicted octanol–water partition coefficient (Wildman–Crippen LogP) is 3.06. The van der Waals surface area contributed by atoms with Crippen molar-refractivity contribution in [2.24, 2.45) is 0 Å². The van der Waals surface area contributed by atoms with Crippen LogP contribution in [0.3, 0.4) is 0 Å². The van der Waals surface area contributed by atoms with Gasteiger partial charge in [-0.15, -0.1) is 0 Å². The van der Waals surface area contributed by atoms with Crippen molar-refractivity contribution in [3.05, 3.63) is 69.6 Å². The van der Waals surface area contributed by atoms with E-state index in [4.69, 9.17) is 0 Å². The van der Waals surface area contributed by atoms with Crippen molar-refractivity contribution >= 4 is 21.9 Å². The molecule has 0 amide bonds. The zero-order valence-electron chi connectivity index (χ0n) is 16.2. The highest BCUT2D eigenvalue weighted by atomic mass is 16.1. The molecule has 0 unspecified atom stereocenters. The summed E-state index contributed by atoms with van der Waals surface area (Å²) in [7, 11) is 0. The molecule has 0 saturated carbocycles. The molecule has 4 aromatic heterocycles. The number of rotatable bonds is 2. The fourth-order valence-corrected chi connectivity index (χ4v) is 2.83. The summed E-state index contributed by atoms with van der Waals surface area (Å²) in [6.45, 7) is 8.12. The molecule has 1 N–H and O–H groups in total. The quantitative estimate of drug-likeness (QED) is 0.573. The van der Waals surface area contributed by atoms with E-state index in [0.29, 0.717) is 21.9 Å². The van der Waals surface area contributed by atoms with Crippen LogP contribution in [-0.2, 0) is 0 Å². The molecule has 0 radical (unpaired) electrons. The number of nitrogens with zero attached hydrogens (tertiary/aromatic N) is 5. The SMILES string of the molecule is CC(C)c1nccc2c(=O)[nH]cnc12.CC(C)n1cnc(=O)c2cccnc21.[HH]. The van der Waals surface area contributed by atoms with Crippen LogP contribution < -0.4 is 11.1 Å². The summed E-state index contributed by atoms with van der Waals surface area (Å²) in [5.41, 5.74) is 1.94. The molecule has 8 nitrogen and oxygen atoms in total. The van der Waals surface area contributed by atoms with E-state index in [1.165, 1.54) is 6.33 Å². The lowest BCUT2D eigenvalue weighted by Crippen LogP contribution is -2.14. The number of aromatic amines is 1. The van der Waals surface area contributed by atoms with Crippen LogP contribution >= 0.6 is 0 Å². The Morgan fingerprint density at radius 3 is 2.46 bits per heavy atom. The van der Waals surface area contributed by atoms with E-state index in [-0.39, 0.29) is 24.5 Å². The van der Waals surface area contributed by atoms with Gasteiger partial charge < -0.3 is 9.55 Å². The van der Waals surface area contributed by atoms with Gasteiger partial charge in [0.25, 0.3) is 11.1 Å². The Morgan fingerprint density at radius 2 is 1.75 bits per heavy atom. The molecular weight excluding hydrogens is 356 g/mol. The Hall–Kier alpha value is -3.42. The molecule has 0 aromatic carbocycles. The molecule has 4 rings (SSSR count). The fraction of sp³-hybridized carbons (Fsp3) is 0.300. The maximum absolute atomic E-state index is 11.4. The van der Waals surface area contributed by atoms with Crippen molar-refractivity contribution in [2.75, 3.05) is 0 Å². The highest BCUT2D eigenvalue weighted by molar-refractivity contribution is 5.79. The lowest BCUT2D eigenvalue weighted by molar-refractivity contribution is 0.601. The van der Waals surface area contributed by atoms with Gasteiger partial charge in [-0.2, -0.15) is 4.98 Å². The van der Waals surface area contributed by atoms with E-state index >= 15 is 0 Å². The Balaban J connectivity index is 0.000000200. The molecule has 4 heterocycles. The molecule has 0 atom stereocenters. The number of aromatic nitrogens is 6. The molecule has 8 heteroatoms. The van der Waals surface area contributed by atoms with Gasteiger partial charge in [0.1, 0.15) is 12.0 Å². The van der Waals surface area contributed by atoms with Crippen LogP contribution in [0.2, 0.25) is 0 Å². The molecule has 146 valence electrons. The monoisotopic (exact) mass is 380 g/mol. The summed E-state index contributed by atoms with van der Waals surface area (Å²) in [5, 5.41) is 1.18. The van der Waals surface area contributed by atoms with E-state index in [1.54, 1.807) is 36.9 Å². The van der Waals surface area contributed by atoms with Crippen molar-refractivity contribution in [1.29, 1.82) is 0 Å². The first-order valence-electron chi connectivity index (χ1n) is 9.04. The topological polar surface area (TPSA) is 106 Å². The molecule has 0 saturated heterocycles. The van der Waals surface area contributed by atoms with Gasteiger partial charge in [0.15, 0.2) is 0 Å². The molecule has 0 bridgehead atoms. The van der Waals surface area contributed by atoms with Crippen molar-refractivity contribution in [3.63, 3.8) is 0 Å². The molecular formula is C20H24N6O2. The molecule has 4 aromatic rings. The van der Waals surface area contributed by atoms with E-state index in [2.05, 4.69) is 24.9 Å². The molecule has 28 heavy (non-hydrogen) atoms. The standard InChI is InChI=1S/2C10H11N3O.H2/c1-6(2)8-9-7(3-4-11-8)10(14)13-5-12-9;1-7(2)13-6-12-10(14)8-4-3-5-11-9(8)13;/h3-6H,1-2H3,(H,12,13,14);3-7H,1-2H3;1H.